The van der Waals surface area contributed by atoms with Crippen molar-refractivity contribution < 1.29 is 14.4 Å². The van der Waals surface area contributed by atoms with E-state index in [4.69, 9.17) is 19.4 Å². The quantitative estimate of drug-likeness (QED) is 0.159. The van der Waals surface area contributed by atoms with E-state index in [0.717, 1.165) is 60.6 Å². The molecule has 0 saturated carbocycles. The Balaban J connectivity index is 1.15. The highest BCUT2D eigenvalue weighted by atomic mass is 16.6. The molecule has 42 heavy (non-hydrogen) atoms. The number of ether oxygens (including phenoxy) is 2. The molecule has 5 aromatic rings. The smallest absolute Gasteiger partial charge is 0.269 e. The minimum absolute atomic E-state index is 0.0315. The molecule has 0 amide bonds. The average molecular weight is 562 g/mol. The standard InChI is InChI=1S/C33H31N5O4/c1-41-30-19-24-16-18-37(21-25(24)20-31(30)42-2)17-15-22-7-11-26(12-8-22)34-33-28-5-3-4-6-29(28)35-32(36-33)23-9-13-27(14-10-23)38(39)40/h3-14,19-20H,15-18,21H2,1-2H3,(H,34,35,36). The zero-order chi connectivity index (χ0) is 29.1. The van der Waals surface area contributed by atoms with Crippen LogP contribution in [-0.4, -0.2) is 47.1 Å². The summed E-state index contributed by atoms with van der Waals surface area (Å²) in [6.45, 7) is 2.88. The minimum atomic E-state index is -0.414. The van der Waals surface area contributed by atoms with E-state index in [-0.39, 0.29) is 5.69 Å². The van der Waals surface area contributed by atoms with Gasteiger partial charge >= 0.3 is 0 Å². The fourth-order valence-electron chi connectivity index (χ4n) is 5.34. The summed E-state index contributed by atoms with van der Waals surface area (Å²) in [5.74, 6) is 2.75. The number of nitrogens with zero attached hydrogens (tertiary/aromatic N) is 4. The lowest BCUT2D eigenvalue weighted by Gasteiger charge is -2.29. The number of non-ortho nitro benzene ring substituents is 1. The molecule has 6 rings (SSSR count). The lowest BCUT2D eigenvalue weighted by Crippen LogP contribution is -2.32. The van der Waals surface area contributed by atoms with E-state index in [0.29, 0.717) is 17.2 Å². The predicted octanol–water partition coefficient (Wildman–Crippen LogP) is 6.57. The summed E-state index contributed by atoms with van der Waals surface area (Å²) in [6, 6.07) is 26.7. The van der Waals surface area contributed by atoms with Crippen molar-refractivity contribution in [3.63, 3.8) is 0 Å². The molecule has 1 aliphatic heterocycles. The molecule has 212 valence electrons. The van der Waals surface area contributed by atoms with Gasteiger partial charge in [0.1, 0.15) is 5.82 Å². The van der Waals surface area contributed by atoms with Gasteiger partial charge in [-0.3, -0.25) is 15.0 Å². The number of benzene rings is 4. The van der Waals surface area contributed by atoms with Gasteiger partial charge in [0.15, 0.2) is 17.3 Å². The maximum atomic E-state index is 11.1. The molecule has 0 fully saturated rings. The second-order valence-corrected chi connectivity index (χ2v) is 10.3. The molecule has 0 radical (unpaired) electrons. The third kappa shape index (κ3) is 5.73. The largest absolute Gasteiger partial charge is 0.493 e. The number of hydrogen-bond acceptors (Lipinski definition) is 8. The Morgan fingerprint density at radius 2 is 1.62 bits per heavy atom. The number of nitrogens with one attached hydrogen (secondary N) is 1. The number of nitro benzene ring substituents is 1. The third-order valence-corrected chi connectivity index (χ3v) is 7.67. The Morgan fingerprint density at radius 3 is 2.33 bits per heavy atom. The van der Waals surface area contributed by atoms with Gasteiger partial charge in [-0.05, 0) is 78.1 Å². The average Bonchev–Trinajstić information content (AvgIpc) is 3.03. The van der Waals surface area contributed by atoms with Crippen molar-refractivity contribution in [1.29, 1.82) is 0 Å². The van der Waals surface area contributed by atoms with E-state index in [9.17, 15) is 10.1 Å². The number of methoxy groups -OCH3 is 2. The maximum absolute atomic E-state index is 11.1. The molecular weight excluding hydrogens is 530 g/mol. The molecule has 0 spiro atoms. The van der Waals surface area contributed by atoms with Crippen molar-refractivity contribution in [3.05, 3.63) is 112 Å². The molecule has 0 bridgehead atoms. The molecule has 1 N–H and O–H groups in total. The van der Waals surface area contributed by atoms with Gasteiger partial charge in [-0.25, -0.2) is 9.97 Å². The Labute approximate surface area is 243 Å². The number of anilines is 2. The van der Waals surface area contributed by atoms with Crippen LogP contribution >= 0.6 is 0 Å². The van der Waals surface area contributed by atoms with Crippen LogP contribution < -0.4 is 14.8 Å². The number of rotatable bonds is 9. The van der Waals surface area contributed by atoms with Crippen LogP contribution in [0.3, 0.4) is 0 Å². The highest BCUT2D eigenvalue weighted by molar-refractivity contribution is 5.92. The van der Waals surface area contributed by atoms with E-state index >= 15 is 0 Å². The van der Waals surface area contributed by atoms with E-state index in [1.807, 2.05) is 24.3 Å². The van der Waals surface area contributed by atoms with Gasteiger partial charge < -0.3 is 14.8 Å². The fourth-order valence-corrected chi connectivity index (χ4v) is 5.34. The van der Waals surface area contributed by atoms with Crippen molar-refractivity contribution in [2.45, 2.75) is 19.4 Å². The molecule has 9 nitrogen and oxygen atoms in total. The number of aromatic nitrogens is 2. The van der Waals surface area contributed by atoms with Gasteiger partial charge in [0.2, 0.25) is 0 Å². The Morgan fingerprint density at radius 1 is 0.905 bits per heavy atom. The first kappa shape index (κ1) is 27.2. The van der Waals surface area contributed by atoms with Gasteiger partial charge in [0.25, 0.3) is 5.69 Å². The van der Waals surface area contributed by atoms with Gasteiger partial charge in [0, 0.05) is 48.4 Å². The van der Waals surface area contributed by atoms with Gasteiger partial charge in [-0.2, -0.15) is 0 Å². The van der Waals surface area contributed by atoms with Crippen LogP contribution in [0.15, 0.2) is 84.9 Å². The molecule has 0 atom stereocenters. The van der Waals surface area contributed by atoms with Crippen LogP contribution in [0.4, 0.5) is 17.2 Å². The van der Waals surface area contributed by atoms with Crippen LogP contribution in [0.2, 0.25) is 0 Å². The molecule has 0 aliphatic carbocycles. The van der Waals surface area contributed by atoms with Crippen LogP contribution in [0.5, 0.6) is 11.5 Å². The lowest BCUT2D eigenvalue weighted by molar-refractivity contribution is -0.384. The highest BCUT2D eigenvalue weighted by Gasteiger charge is 2.19. The first-order valence-electron chi connectivity index (χ1n) is 13.8. The zero-order valence-electron chi connectivity index (χ0n) is 23.5. The summed E-state index contributed by atoms with van der Waals surface area (Å²) in [5.41, 5.74) is 6.34. The summed E-state index contributed by atoms with van der Waals surface area (Å²) in [4.78, 5) is 22.6. The first-order chi connectivity index (χ1) is 20.5. The monoisotopic (exact) mass is 561 g/mol. The number of para-hydroxylation sites is 1. The van der Waals surface area contributed by atoms with Crippen LogP contribution in [0.25, 0.3) is 22.3 Å². The van der Waals surface area contributed by atoms with E-state index in [1.165, 1.54) is 28.8 Å². The van der Waals surface area contributed by atoms with Crippen molar-refractivity contribution in [3.8, 4) is 22.9 Å². The summed E-state index contributed by atoms with van der Waals surface area (Å²) in [7, 11) is 3.35. The zero-order valence-corrected chi connectivity index (χ0v) is 23.5. The van der Waals surface area contributed by atoms with Crippen molar-refractivity contribution in [2.75, 3.05) is 32.6 Å². The van der Waals surface area contributed by atoms with E-state index < -0.39 is 4.92 Å². The maximum Gasteiger partial charge on any atom is 0.269 e. The predicted molar refractivity (Wildman–Crippen MR) is 164 cm³/mol. The van der Waals surface area contributed by atoms with Gasteiger partial charge in [0.05, 0.1) is 24.7 Å². The van der Waals surface area contributed by atoms with Gasteiger partial charge in [-0.15, -0.1) is 0 Å². The molecule has 9 heteroatoms. The Hall–Kier alpha value is -5.02. The molecule has 2 heterocycles. The number of hydrogen-bond donors (Lipinski definition) is 1. The SMILES string of the molecule is COc1cc2c(cc1OC)CN(CCc1ccc(Nc3nc(-c4ccc([N+](=O)[O-])cc4)nc4ccccc34)cc1)CC2. The fraction of sp³-hybridized carbons (Fsp3) is 0.212. The number of nitro groups is 1. The molecule has 1 aromatic heterocycles. The second kappa shape index (κ2) is 11.8. The molecular formula is C33H31N5O4. The van der Waals surface area contributed by atoms with Crippen molar-refractivity contribution >= 4 is 28.1 Å². The molecule has 0 saturated heterocycles. The summed E-state index contributed by atoms with van der Waals surface area (Å²) < 4.78 is 11.0. The summed E-state index contributed by atoms with van der Waals surface area (Å²) in [5, 5.41) is 15.4. The van der Waals surface area contributed by atoms with Crippen LogP contribution in [0.1, 0.15) is 16.7 Å². The Kier molecular flexibility index (Phi) is 7.66. The minimum Gasteiger partial charge on any atom is -0.493 e. The highest BCUT2D eigenvalue weighted by Crippen LogP contribution is 2.33. The Bertz CT molecular complexity index is 1740. The first-order valence-corrected chi connectivity index (χ1v) is 13.8. The second-order valence-electron chi connectivity index (χ2n) is 10.3. The van der Waals surface area contributed by atoms with Crippen molar-refractivity contribution in [1.82, 2.24) is 14.9 Å². The normalized spacial score (nSPS) is 13.0. The molecule has 0 unspecified atom stereocenters. The summed E-state index contributed by atoms with van der Waals surface area (Å²) >= 11 is 0. The van der Waals surface area contributed by atoms with E-state index in [1.54, 1.807) is 26.4 Å². The van der Waals surface area contributed by atoms with Crippen LogP contribution in [0, 0.1) is 10.1 Å². The topological polar surface area (TPSA) is 103 Å². The summed E-state index contributed by atoms with van der Waals surface area (Å²) in [6.07, 6.45) is 1.94. The number of fused-ring (bicyclic) bond motifs is 2. The van der Waals surface area contributed by atoms with Crippen molar-refractivity contribution in [2.24, 2.45) is 0 Å². The van der Waals surface area contributed by atoms with E-state index in [2.05, 4.69) is 46.6 Å². The molecule has 4 aromatic carbocycles. The lowest BCUT2D eigenvalue weighted by atomic mass is 9.98. The molecule has 1 aliphatic rings. The third-order valence-electron chi connectivity index (χ3n) is 7.67. The van der Waals surface area contributed by atoms with Gasteiger partial charge in [-0.1, -0.05) is 24.3 Å². The van der Waals surface area contributed by atoms with Crippen LogP contribution in [-0.2, 0) is 19.4 Å².